The number of rotatable bonds is 5. The Hall–Kier alpha value is -3.14. The molecule has 0 saturated heterocycles. The van der Waals surface area contributed by atoms with Gasteiger partial charge in [0.15, 0.2) is 0 Å². The zero-order valence-electron chi connectivity index (χ0n) is 16.8. The molecule has 0 aliphatic carbocycles. The standard InChI is InChI=1S/C19H24N6O.O2S/c1-5-9-25-10-6-13-11-14(22-15-12-20-7-8-21-15)23-17(16(13)18(25)26)24-19(2,3)4;1-3-2/h6-8,10-12H,5,9H2,1-4H3,(H2,21,22,23,24);. The molecule has 2 N–H and O–H groups in total. The average molecular weight is 417 g/mol. The quantitative estimate of drug-likeness (QED) is 0.652. The van der Waals surface area contributed by atoms with Crippen LogP contribution in [-0.4, -0.2) is 33.5 Å². The van der Waals surface area contributed by atoms with Gasteiger partial charge in [-0.2, -0.15) is 8.42 Å². The summed E-state index contributed by atoms with van der Waals surface area (Å²) in [6.45, 7) is 8.85. The maximum absolute atomic E-state index is 12.9. The van der Waals surface area contributed by atoms with Crippen LogP contribution in [0.25, 0.3) is 10.8 Å². The maximum Gasteiger partial charge on any atom is 0.335 e. The first kappa shape index (κ1) is 22.2. The molecule has 0 aromatic carbocycles. The molecule has 0 spiro atoms. The lowest BCUT2D eigenvalue weighted by Crippen LogP contribution is -2.29. The van der Waals surface area contributed by atoms with Gasteiger partial charge in [-0.1, -0.05) is 6.92 Å². The number of anilines is 3. The second-order valence-corrected chi connectivity index (χ2v) is 7.43. The van der Waals surface area contributed by atoms with E-state index in [2.05, 4.69) is 32.5 Å². The molecule has 9 nitrogen and oxygen atoms in total. The number of fused-ring (bicyclic) bond motifs is 1. The van der Waals surface area contributed by atoms with Gasteiger partial charge >= 0.3 is 11.6 Å². The summed E-state index contributed by atoms with van der Waals surface area (Å²) in [5.74, 6) is 1.77. The molecule has 3 rings (SSSR count). The summed E-state index contributed by atoms with van der Waals surface area (Å²) in [5.41, 5.74) is -0.266. The number of nitrogens with one attached hydrogen (secondary N) is 2. The highest BCUT2D eigenvalue weighted by molar-refractivity contribution is 7.51. The van der Waals surface area contributed by atoms with Gasteiger partial charge in [-0.25, -0.2) is 9.97 Å². The van der Waals surface area contributed by atoms with Gasteiger partial charge in [0.1, 0.15) is 17.5 Å². The highest BCUT2D eigenvalue weighted by Crippen LogP contribution is 2.25. The maximum atomic E-state index is 12.9. The van der Waals surface area contributed by atoms with Crippen LogP contribution < -0.4 is 16.2 Å². The van der Waals surface area contributed by atoms with Gasteiger partial charge in [0.25, 0.3) is 5.56 Å². The molecule has 10 heteroatoms. The fourth-order valence-electron chi connectivity index (χ4n) is 2.72. The fourth-order valence-corrected chi connectivity index (χ4v) is 2.72. The Morgan fingerprint density at radius 3 is 2.48 bits per heavy atom. The van der Waals surface area contributed by atoms with Gasteiger partial charge in [-0.3, -0.25) is 9.78 Å². The van der Waals surface area contributed by atoms with Crippen molar-refractivity contribution < 1.29 is 8.42 Å². The Balaban J connectivity index is 0.000000941. The van der Waals surface area contributed by atoms with E-state index in [4.69, 9.17) is 8.42 Å². The second kappa shape index (κ2) is 9.87. The average Bonchev–Trinajstić information content (AvgIpc) is 2.64. The minimum absolute atomic E-state index is 0.0327. The number of pyridine rings is 2. The Morgan fingerprint density at radius 1 is 1.17 bits per heavy atom. The predicted molar refractivity (Wildman–Crippen MR) is 114 cm³/mol. The van der Waals surface area contributed by atoms with Gasteiger partial charge in [0.05, 0.1) is 11.6 Å². The van der Waals surface area contributed by atoms with Crippen molar-refractivity contribution >= 4 is 39.8 Å². The molecule has 0 fully saturated rings. The largest absolute Gasteiger partial charge is 0.365 e. The summed E-state index contributed by atoms with van der Waals surface area (Å²) >= 11 is -0.750. The summed E-state index contributed by atoms with van der Waals surface area (Å²) in [6, 6.07) is 3.80. The van der Waals surface area contributed by atoms with Crippen molar-refractivity contribution in [3.8, 4) is 0 Å². The smallest absolute Gasteiger partial charge is 0.335 e. The molecule has 29 heavy (non-hydrogen) atoms. The Bertz CT molecular complexity index is 1060. The van der Waals surface area contributed by atoms with Crippen LogP contribution in [-0.2, 0) is 18.1 Å². The topological polar surface area (TPSA) is 119 Å². The van der Waals surface area contributed by atoms with E-state index < -0.39 is 11.6 Å². The minimum atomic E-state index is -0.750. The van der Waals surface area contributed by atoms with Gasteiger partial charge in [0, 0.05) is 30.7 Å². The lowest BCUT2D eigenvalue weighted by Gasteiger charge is -2.23. The third-order valence-corrected chi connectivity index (χ3v) is 3.74. The molecule has 0 radical (unpaired) electrons. The van der Waals surface area contributed by atoms with Crippen LogP contribution >= 0.6 is 0 Å². The number of aromatic nitrogens is 4. The molecule has 3 aromatic heterocycles. The predicted octanol–water partition coefficient (Wildman–Crippen LogP) is 2.88. The van der Waals surface area contributed by atoms with E-state index in [1.807, 2.05) is 39.1 Å². The first-order valence-electron chi connectivity index (χ1n) is 9.06. The van der Waals surface area contributed by atoms with E-state index in [0.29, 0.717) is 29.4 Å². The van der Waals surface area contributed by atoms with Crippen molar-refractivity contribution in [3.63, 3.8) is 0 Å². The van der Waals surface area contributed by atoms with Crippen molar-refractivity contribution in [1.82, 2.24) is 19.5 Å². The van der Waals surface area contributed by atoms with Gasteiger partial charge in [-0.05, 0) is 44.7 Å². The Morgan fingerprint density at radius 2 is 1.90 bits per heavy atom. The van der Waals surface area contributed by atoms with E-state index in [0.717, 1.165) is 11.8 Å². The van der Waals surface area contributed by atoms with Crippen molar-refractivity contribution in [2.45, 2.75) is 46.2 Å². The van der Waals surface area contributed by atoms with Crippen LogP contribution in [0.2, 0.25) is 0 Å². The number of nitrogens with zero attached hydrogens (tertiary/aromatic N) is 4. The minimum Gasteiger partial charge on any atom is -0.365 e. The van der Waals surface area contributed by atoms with E-state index in [1.165, 1.54) is 0 Å². The summed E-state index contributed by atoms with van der Waals surface area (Å²) < 4.78 is 18.3. The molecular formula is C19H24N6O3S. The number of hydrogen-bond donors (Lipinski definition) is 2. The molecule has 0 bridgehead atoms. The van der Waals surface area contributed by atoms with Crippen LogP contribution in [0, 0.1) is 0 Å². The SMILES string of the molecule is CCCn1ccc2cc(Nc3cnccn3)nc(NC(C)(C)C)c2c1=O.O=S=O. The van der Waals surface area contributed by atoms with E-state index in [1.54, 1.807) is 23.2 Å². The molecular weight excluding hydrogens is 392 g/mol. The molecule has 3 heterocycles. The van der Waals surface area contributed by atoms with Gasteiger partial charge in [0.2, 0.25) is 0 Å². The van der Waals surface area contributed by atoms with Crippen LogP contribution in [0.1, 0.15) is 34.1 Å². The van der Waals surface area contributed by atoms with E-state index in [-0.39, 0.29) is 11.1 Å². The summed E-state index contributed by atoms with van der Waals surface area (Å²) in [4.78, 5) is 25.8. The molecule has 154 valence electrons. The van der Waals surface area contributed by atoms with E-state index >= 15 is 0 Å². The van der Waals surface area contributed by atoms with Crippen molar-refractivity contribution in [3.05, 3.63) is 47.3 Å². The zero-order valence-corrected chi connectivity index (χ0v) is 17.6. The summed E-state index contributed by atoms with van der Waals surface area (Å²) in [5, 5.41) is 7.93. The van der Waals surface area contributed by atoms with Crippen molar-refractivity contribution in [2.24, 2.45) is 0 Å². The molecule has 3 aromatic rings. The van der Waals surface area contributed by atoms with E-state index in [9.17, 15) is 4.79 Å². The third-order valence-electron chi connectivity index (χ3n) is 3.74. The monoisotopic (exact) mass is 416 g/mol. The van der Waals surface area contributed by atoms with Crippen molar-refractivity contribution in [1.29, 1.82) is 0 Å². The van der Waals surface area contributed by atoms with Crippen molar-refractivity contribution in [2.75, 3.05) is 10.6 Å². The third kappa shape index (κ3) is 6.18. The van der Waals surface area contributed by atoms with Crippen LogP contribution in [0.3, 0.4) is 0 Å². The summed E-state index contributed by atoms with van der Waals surface area (Å²) in [7, 11) is 0. The first-order valence-corrected chi connectivity index (χ1v) is 9.73. The molecule has 0 aliphatic heterocycles. The van der Waals surface area contributed by atoms with Gasteiger partial charge < -0.3 is 15.2 Å². The molecule has 0 amide bonds. The van der Waals surface area contributed by atoms with Gasteiger partial charge in [-0.15, -0.1) is 0 Å². The Kier molecular flexibility index (Phi) is 7.54. The highest BCUT2D eigenvalue weighted by Gasteiger charge is 2.17. The van der Waals surface area contributed by atoms with Crippen LogP contribution in [0.4, 0.5) is 17.5 Å². The Labute approximate surface area is 172 Å². The second-order valence-electron chi connectivity index (χ2n) is 7.29. The number of aryl methyl sites for hydroxylation is 1. The van der Waals surface area contributed by atoms with Crippen LogP contribution in [0.15, 0.2) is 41.7 Å². The lowest BCUT2D eigenvalue weighted by molar-refractivity contribution is 0.629. The highest BCUT2D eigenvalue weighted by atomic mass is 32.1. The first-order chi connectivity index (χ1) is 13.8. The molecule has 0 saturated carbocycles. The lowest BCUT2D eigenvalue weighted by atomic mass is 10.1. The normalized spacial score (nSPS) is 10.8. The van der Waals surface area contributed by atoms with Crippen LogP contribution in [0.5, 0.6) is 0 Å². The number of hydrogen-bond acceptors (Lipinski definition) is 8. The fraction of sp³-hybridized carbons (Fsp3) is 0.368. The molecule has 0 aliphatic rings. The zero-order chi connectivity index (χ0) is 21.4. The molecule has 0 unspecified atom stereocenters. The summed E-state index contributed by atoms with van der Waals surface area (Å²) in [6.07, 6.45) is 7.58. The molecule has 0 atom stereocenters.